The van der Waals surface area contributed by atoms with Crippen LogP contribution >= 0.6 is 0 Å². The Hall–Kier alpha value is -0.530. The molecule has 156 valence electrons. The first-order chi connectivity index (χ1) is 12.6. The molecule has 0 aromatic heterocycles. The molecule has 2 heteroatoms. The minimum atomic E-state index is -0.218. The molecule has 0 aliphatic heterocycles. The number of hydrogen-bond acceptors (Lipinski definition) is 2. The first-order valence-corrected chi connectivity index (χ1v) is 11.8. The topological polar surface area (TPSA) is 26.3 Å². The van der Waals surface area contributed by atoms with Gasteiger partial charge in [0.2, 0.25) is 0 Å². The zero-order chi connectivity index (χ0) is 19.7. The van der Waals surface area contributed by atoms with Crippen molar-refractivity contribution in [3.05, 3.63) is 0 Å². The van der Waals surface area contributed by atoms with Crippen LogP contribution < -0.4 is 0 Å². The van der Waals surface area contributed by atoms with Gasteiger partial charge in [-0.1, -0.05) is 98.8 Å². The fraction of sp³-hybridized carbons (Fsp3) is 0.958. The molecule has 0 N–H and O–H groups in total. The molecule has 0 rings (SSSR count). The number of carbonyl (C=O) groups excluding carboxylic acids is 1. The third-order valence-electron chi connectivity index (χ3n) is 5.77. The second-order valence-electron chi connectivity index (χ2n) is 8.28. The van der Waals surface area contributed by atoms with E-state index in [2.05, 4.69) is 34.6 Å². The standard InChI is InChI=1S/C24H48O2/c1-6-11-14-18-22(17-9-4)21-24(10-5,20-16-13-8-3)26-23(25)19-15-12-7-2/h22H,6-21H2,1-5H3. The Labute approximate surface area is 164 Å². The van der Waals surface area contributed by atoms with Gasteiger partial charge in [0, 0.05) is 6.42 Å². The van der Waals surface area contributed by atoms with E-state index < -0.39 is 0 Å². The lowest BCUT2D eigenvalue weighted by atomic mass is 9.80. The predicted molar refractivity (Wildman–Crippen MR) is 115 cm³/mol. The first kappa shape index (κ1) is 25.5. The molecule has 0 aromatic carbocycles. The monoisotopic (exact) mass is 368 g/mol. The van der Waals surface area contributed by atoms with Gasteiger partial charge in [0.1, 0.15) is 5.60 Å². The summed E-state index contributed by atoms with van der Waals surface area (Å²) in [7, 11) is 0. The largest absolute Gasteiger partial charge is 0.459 e. The molecule has 0 saturated heterocycles. The van der Waals surface area contributed by atoms with E-state index in [9.17, 15) is 4.79 Å². The maximum Gasteiger partial charge on any atom is 0.306 e. The summed E-state index contributed by atoms with van der Waals surface area (Å²) < 4.78 is 6.22. The van der Waals surface area contributed by atoms with E-state index in [1.807, 2.05) is 0 Å². The van der Waals surface area contributed by atoms with E-state index in [0.29, 0.717) is 12.3 Å². The molecule has 0 amide bonds. The van der Waals surface area contributed by atoms with Crippen molar-refractivity contribution in [1.82, 2.24) is 0 Å². The molecule has 0 radical (unpaired) electrons. The number of unbranched alkanes of at least 4 members (excludes halogenated alkanes) is 6. The molecular weight excluding hydrogens is 320 g/mol. The summed E-state index contributed by atoms with van der Waals surface area (Å²) in [5.41, 5.74) is -0.218. The number of hydrogen-bond donors (Lipinski definition) is 0. The van der Waals surface area contributed by atoms with E-state index in [-0.39, 0.29) is 11.6 Å². The number of ether oxygens (including phenoxy) is 1. The number of esters is 1. The first-order valence-electron chi connectivity index (χ1n) is 11.8. The SMILES string of the molecule is CCCCCC(=O)OC(CC)(CCCCC)CC(CCC)CCCCC. The third-order valence-corrected chi connectivity index (χ3v) is 5.77. The second-order valence-corrected chi connectivity index (χ2v) is 8.28. The quantitative estimate of drug-likeness (QED) is 0.180. The Kier molecular flexibility index (Phi) is 16.3. The lowest BCUT2D eigenvalue weighted by molar-refractivity contribution is -0.164. The average Bonchev–Trinajstić information content (AvgIpc) is 2.62. The minimum absolute atomic E-state index is 0.0422. The van der Waals surface area contributed by atoms with Crippen molar-refractivity contribution >= 4 is 5.97 Å². The van der Waals surface area contributed by atoms with Gasteiger partial charge in [0.05, 0.1) is 0 Å². The van der Waals surface area contributed by atoms with Gasteiger partial charge in [-0.15, -0.1) is 0 Å². The van der Waals surface area contributed by atoms with Gasteiger partial charge >= 0.3 is 5.97 Å². The maximum absolute atomic E-state index is 12.5. The van der Waals surface area contributed by atoms with Crippen molar-refractivity contribution in [3.8, 4) is 0 Å². The van der Waals surface area contributed by atoms with Crippen molar-refractivity contribution in [2.24, 2.45) is 5.92 Å². The Morgan fingerprint density at radius 1 is 0.769 bits per heavy atom. The number of rotatable bonds is 18. The summed E-state index contributed by atoms with van der Waals surface area (Å²) in [6.07, 6.45) is 18.3. The fourth-order valence-electron chi connectivity index (χ4n) is 4.06. The lowest BCUT2D eigenvalue weighted by Crippen LogP contribution is -2.37. The highest BCUT2D eigenvalue weighted by Crippen LogP contribution is 2.35. The average molecular weight is 369 g/mol. The Morgan fingerprint density at radius 3 is 1.96 bits per heavy atom. The van der Waals surface area contributed by atoms with Crippen LogP contribution in [0.25, 0.3) is 0 Å². The summed E-state index contributed by atoms with van der Waals surface area (Å²) in [6, 6.07) is 0. The van der Waals surface area contributed by atoms with Crippen molar-refractivity contribution in [3.63, 3.8) is 0 Å². The highest BCUT2D eigenvalue weighted by atomic mass is 16.6. The van der Waals surface area contributed by atoms with Crippen LogP contribution in [0.15, 0.2) is 0 Å². The van der Waals surface area contributed by atoms with Crippen LogP contribution in [0.4, 0.5) is 0 Å². The van der Waals surface area contributed by atoms with Crippen LogP contribution in [-0.2, 0) is 9.53 Å². The molecule has 0 aromatic rings. The van der Waals surface area contributed by atoms with E-state index in [1.54, 1.807) is 0 Å². The smallest absolute Gasteiger partial charge is 0.306 e. The summed E-state index contributed by atoms with van der Waals surface area (Å²) in [4.78, 5) is 12.5. The van der Waals surface area contributed by atoms with Crippen molar-refractivity contribution < 1.29 is 9.53 Å². The number of carbonyl (C=O) groups is 1. The third kappa shape index (κ3) is 12.0. The molecule has 2 unspecified atom stereocenters. The van der Waals surface area contributed by atoms with Crippen LogP contribution in [0.3, 0.4) is 0 Å². The Balaban J connectivity index is 4.96. The van der Waals surface area contributed by atoms with Crippen molar-refractivity contribution in [2.75, 3.05) is 0 Å². The van der Waals surface area contributed by atoms with Crippen LogP contribution in [0.2, 0.25) is 0 Å². The van der Waals surface area contributed by atoms with Gasteiger partial charge < -0.3 is 4.74 Å². The molecule has 0 spiro atoms. The van der Waals surface area contributed by atoms with Gasteiger partial charge in [-0.25, -0.2) is 0 Å². The van der Waals surface area contributed by atoms with E-state index in [1.165, 1.54) is 57.8 Å². The molecule has 0 fully saturated rings. The predicted octanol–water partition coefficient (Wildman–Crippen LogP) is 8.23. The zero-order valence-corrected chi connectivity index (χ0v) is 18.7. The van der Waals surface area contributed by atoms with Gasteiger partial charge in [0.15, 0.2) is 0 Å². The minimum Gasteiger partial charge on any atom is -0.459 e. The fourth-order valence-corrected chi connectivity index (χ4v) is 4.06. The van der Waals surface area contributed by atoms with E-state index in [0.717, 1.165) is 38.5 Å². The maximum atomic E-state index is 12.5. The highest BCUT2D eigenvalue weighted by Gasteiger charge is 2.34. The van der Waals surface area contributed by atoms with Gasteiger partial charge in [-0.05, 0) is 38.0 Å². The summed E-state index contributed by atoms with van der Waals surface area (Å²) in [6.45, 7) is 11.2. The van der Waals surface area contributed by atoms with Crippen LogP contribution in [0.1, 0.15) is 137 Å². The highest BCUT2D eigenvalue weighted by molar-refractivity contribution is 5.69. The summed E-state index contributed by atoms with van der Waals surface area (Å²) >= 11 is 0. The molecule has 26 heavy (non-hydrogen) atoms. The van der Waals surface area contributed by atoms with Crippen LogP contribution in [0.5, 0.6) is 0 Å². The summed E-state index contributed by atoms with van der Waals surface area (Å²) in [5, 5.41) is 0. The van der Waals surface area contributed by atoms with Crippen molar-refractivity contribution in [2.45, 2.75) is 143 Å². The molecule has 0 bridgehead atoms. The summed E-state index contributed by atoms with van der Waals surface area (Å²) in [5.74, 6) is 0.747. The molecule has 0 aliphatic rings. The van der Waals surface area contributed by atoms with E-state index in [4.69, 9.17) is 4.74 Å². The molecular formula is C24H48O2. The molecule has 0 heterocycles. The van der Waals surface area contributed by atoms with Gasteiger partial charge in [0.25, 0.3) is 0 Å². The molecule has 2 nitrogen and oxygen atoms in total. The second kappa shape index (κ2) is 16.6. The Morgan fingerprint density at radius 2 is 1.38 bits per heavy atom. The Bertz CT molecular complexity index is 326. The molecule has 0 saturated carbocycles. The molecule has 2 atom stereocenters. The van der Waals surface area contributed by atoms with E-state index >= 15 is 0 Å². The van der Waals surface area contributed by atoms with Gasteiger partial charge in [-0.3, -0.25) is 4.79 Å². The lowest BCUT2D eigenvalue weighted by Gasteiger charge is -2.36. The van der Waals surface area contributed by atoms with Gasteiger partial charge in [-0.2, -0.15) is 0 Å². The zero-order valence-electron chi connectivity index (χ0n) is 18.7. The molecule has 0 aliphatic carbocycles. The van der Waals surface area contributed by atoms with Crippen LogP contribution in [-0.4, -0.2) is 11.6 Å². The van der Waals surface area contributed by atoms with Crippen LogP contribution in [0, 0.1) is 5.92 Å². The van der Waals surface area contributed by atoms with Crippen molar-refractivity contribution in [1.29, 1.82) is 0 Å². The normalized spacial score (nSPS) is 14.8.